The molecule has 0 bridgehead atoms. The molecule has 3 rings (SSSR count). The summed E-state index contributed by atoms with van der Waals surface area (Å²) in [6.45, 7) is 1.45. The van der Waals surface area contributed by atoms with Crippen molar-refractivity contribution in [1.29, 1.82) is 5.26 Å². The van der Waals surface area contributed by atoms with Crippen LogP contribution in [0.15, 0.2) is 11.1 Å². The largest absolute Gasteiger partial charge is 0.353 e. The minimum Gasteiger partial charge on any atom is -0.353 e. The van der Waals surface area contributed by atoms with Gasteiger partial charge in [-0.15, -0.1) is 11.8 Å². The summed E-state index contributed by atoms with van der Waals surface area (Å²) in [6, 6.07) is 4.32. The van der Waals surface area contributed by atoms with Crippen molar-refractivity contribution in [3.05, 3.63) is 22.9 Å². The normalized spacial score (nSPS) is 21.1. The Morgan fingerprint density at radius 2 is 2.23 bits per heavy atom. The van der Waals surface area contributed by atoms with E-state index in [0.29, 0.717) is 12.2 Å². The van der Waals surface area contributed by atoms with Crippen molar-refractivity contribution < 1.29 is 9.47 Å². The second-order valence-electron chi connectivity index (χ2n) is 5.78. The van der Waals surface area contributed by atoms with Crippen LogP contribution in [0.3, 0.4) is 0 Å². The third-order valence-electron chi connectivity index (χ3n) is 4.15. The molecule has 1 atom stereocenters. The zero-order chi connectivity index (χ0) is 15.2. The SMILES string of the molecule is N#Cc1cc2c(nc1SCCOC1CCCCO1)CCCC2. The molecule has 2 heterocycles. The minimum atomic E-state index is -0.0405. The smallest absolute Gasteiger partial charge is 0.157 e. The van der Waals surface area contributed by atoms with Gasteiger partial charge in [-0.05, 0) is 56.6 Å². The number of aromatic nitrogens is 1. The van der Waals surface area contributed by atoms with Crippen molar-refractivity contribution in [2.45, 2.75) is 56.3 Å². The number of thioether (sulfide) groups is 1. The number of rotatable bonds is 5. The maximum atomic E-state index is 9.33. The van der Waals surface area contributed by atoms with E-state index in [0.717, 1.165) is 43.1 Å². The number of ether oxygens (including phenoxy) is 2. The van der Waals surface area contributed by atoms with Crippen LogP contribution in [0.4, 0.5) is 0 Å². The quantitative estimate of drug-likeness (QED) is 0.614. The highest BCUT2D eigenvalue weighted by atomic mass is 32.2. The first-order valence-corrected chi connectivity index (χ1v) is 9.14. The predicted molar refractivity (Wildman–Crippen MR) is 85.9 cm³/mol. The number of nitrogens with zero attached hydrogens (tertiary/aromatic N) is 2. The highest BCUT2D eigenvalue weighted by molar-refractivity contribution is 7.99. The fourth-order valence-electron chi connectivity index (χ4n) is 2.97. The van der Waals surface area contributed by atoms with E-state index >= 15 is 0 Å². The van der Waals surface area contributed by atoms with E-state index in [1.807, 2.05) is 6.07 Å². The van der Waals surface area contributed by atoms with Gasteiger partial charge in [0.25, 0.3) is 0 Å². The molecule has 0 aromatic carbocycles. The van der Waals surface area contributed by atoms with E-state index in [1.54, 1.807) is 11.8 Å². The molecule has 1 aromatic rings. The average molecular weight is 318 g/mol. The molecular weight excluding hydrogens is 296 g/mol. The molecule has 5 heteroatoms. The first-order chi connectivity index (χ1) is 10.9. The van der Waals surface area contributed by atoms with Crippen molar-refractivity contribution in [1.82, 2.24) is 4.98 Å². The Balaban J connectivity index is 1.54. The molecule has 2 aliphatic rings. The standard InChI is InChI=1S/C17H22N2O2S/c18-12-14-11-13-5-1-2-6-15(13)19-17(14)22-10-9-21-16-7-3-4-8-20-16/h11,16H,1-10H2. The van der Waals surface area contributed by atoms with Crippen molar-refractivity contribution in [2.75, 3.05) is 19.0 Å². The fourth-order valence-corrected chi connectivity index (χ4v) is 3.77. The average Bonchev–Trinajstić information content (AvgIpc) is 2.59. The van der Waals surface area contributed by atoms with Crippen LogP contribution in [0.25, 0.3) is 0 Å². The highest BCUT2D eigenvalue weighted by Crippen LogP contribution is 2.27. The highest BCUT2D eigenvalue weighted by Gasteiger charge is 2.16. The van der Waals surface area contributed by atoms with E-state index in [2.05, 4.69) is 6.07 Å². The third kappa shape index (κ3) is 4.01. The van der Waals surface area contributed by atoms with Crippen molar-refractivity contribution in [2.24, 2.45) is 0 Å². The molecular formula is C17H22N2O2S. The van der Waals surface area contributed by atoms with Gasteiger partial charge in [0.1, 0.15) is 11.1 Å². The molecule has 0 radical (unpaired) electrons. The molecule has 0 spiro atoms. The van der Waals surface area contributed by atoms with Gasteiger partial charge in [0.15, 0.2) is 6.29 Å². The van der Waals surface area contributed by atoms with Gasteiger partial charge in [-0.3, -0.25) is 0 Å². The lowest BCUT2D eigenvalue weighted by Gasteiger charge is -2.22. The number of pyridine rings is 1. The van der Waals surface area contributed by atoms with Gasteiger partial charge < -0.3 is 9.47 Å². The van der Waals surface area contributed by atoms with Gasteiger partial charge >= 0.3 is 0 Å². The zero-order valence-corrected chi connectivity index (χ0v) is 13.7. The lowest BCUT2D eigenvalue weighted by molar-refractivity contribution is -0.158. The van der Waals surface area contributed by atoms with Gasteiger partial charge in [-0.2, -0.15) is 5.26 Å². The molecule has 0 saturated carbocycles. The second-order valence-corrected chi connectivity index (χ2v) is 6.86. The van der Waals surface area contributed by atoms with Gasteiger partial charge in [-0.1, -0.05) is 0 Å². The fraction of sp³-hybridized carbons (Fsp3) is 0.647. The molecule has 4 nitrogen and oxygen atoms in total. The molecule has 1 unspecified atom stereocenters. The summed E-state index contributed by atoms with van der Waals surface area (Å²) in [4.78, 5) is 4.72. The van der Waals surface area contributed by atoms with E-state index in [9.17, 15) is 5.26 Å². The van der Waals surface area contributed by atoms with Gasteiger partial charge in [0.2, 0.25) is 0 Å². The lowest BCUT2D eigenvalue weighted by atomic mass is 9.95. The Morgan fingerprint density at radius 3 is 3.05 bits per heavy atom. The van der Waals surface area contributed by atoms with Gasteiger partial charge in [-0.25, -0.2) is 4.98 Å². The summed E-state index contributed by atoms with van der Waals surface area (Å²) in [5.41, 5.74) is 3.16. The predicted octanol–water partition coefficient (Wildman–Crippen LogP) is 3.47. The molecule has 22 heavy (non-hydrogen) atoms. The Morgan fingerprint density at radius 1 is 1.32 bits per heavy atom. The lowest BCUT2D eigenvalue weighted by Crippen LogP contribution is -2.23. The van der Waals surface area contributed by atoms with Crippen LogP contribution in [0.5, 0.6) is 0 Å². The van der Waals surface area contributed by atoms with Crippen LogP contribution < -0.4 is 0 Å². The second kappa shape index (κ2) is 7.96. The molecule has 1 saturated heterocycles. The third-order valence-corrected chi connectivity index (χ3v) is 5.11. The molecule has 1 aromatic heterocycles. The summed E-state index contributed by atoms with van der Waals surface area (Å²) >= 11 is 1.62. The molecule has 1 aliphatic heterocycles. The first-order valence-electron chi connectivity index (χ1n) is 8.16. The van der Waals surface area contributed by atoms with Gasteiger partial charge in [0.05, 0.1) is 12.2 Å². The van der Waals surface area contributed by atoms with Gasteiger partial charge in [0, 0.05) is 18.1 Å². The molecule has 1 aliphatic carbocycles. The number of hydrogen-bond acceptors (Lipinski definition) is 5. The minimum absolute atomic E-state index is 0.0405. The van der Waals surface area contributed by atoms with E-state index in [4.69, 9.17) is 14.5 Å². The summed E-state index contributed by atoms with van der Waals surface area (Å²) in [5, 5.41) is 10.2. The summed E-state index contributed by atoms with van der Waals surface area (Å²) in [5.74, 6) is 0.806. The monoisotopic (exact) mass is 318 g/mol. The summed E-state index contributed by atoms with van der Waals surface area (Å²) in [7, 11) is 0. The summed E-state index contributed by atoms with van der Waals surface area (Å²) in [6.07, 6.45) is 7.79. The summed E-state index contributed by atoms with van der Waals surface area (Å²) < 4.78 is 11.3. The molecule has 0 amide bonds. The Kier molecular flexibility index (Phi) is 5.71. The molecule has 1 fully saturated rings. The van der Waals surface area contributed by atoms with Crippen molar-refractivity contribution in [3.63, 3.8) is 0 Å². The van der Waals surface area contributed by atoms with Crippen molar-refractivity contribution >= 4 is 11.8 Å². The zero-order valence-electron chi connectivity index (χ0n) is 12.8. The maximum absolute atomic E-state index is 9.33. The Labute approximate surface area is 136 Å². The topological polar surface area (TPSA) is 55.1 Å². The van der Waals surface area contributed by atoms with Crippen molar-refractivity contribution in [3.8, 4) is 6.07 Å². The van der Waals surface area contributed by atoms with Crippen LogP contribution >= 0.6 is 11.8 Å². The van der Waals surface area contributed by atoms with Crippen LogP contribution in [0, 0.1) is 11.3 Å². The number of aryl methyl sites for hydroxylation is 2. The Hall–Kier alpha value is -1.09. The van der Waals surface area contributed by atoms with Crippen LogP contribution in [0.1, 0.15) is 48.9 Å². The van der Waals surface area contributed by atoms with Crippen LogP contribution in [-0.2, 0) is 22.3 Å². The first kappa shape index (κ1) is 15.8. The van der Waals surface area contributed by atoms with E-state index in [-0.39, 0.29) is 6.29 Å². The molecule has 118 valence electrons. The van der Waals surface area contributed by atoms with E-state index in [1.165, 1.54) is 30.5 Å². The number of hydrogen-bond donors (Lipinski definition) is 0. The van der Waals surface area contributed by atoms with Crippen LogP contribution in [0.2, 0.25) is 0 Å². The Bertz CT molecular complexity index is 550. The van der Waals surface area contributed by atoms with E-state index < -0.39 is 0 Å². The number of fused-ring (bicyclic) bond motifs is 1. The van der Waals surface area contributed by atoms with Crippen LogP contribution in [-0.4, -0.2) is 30.2 Å². The molecule has 0 N–H and O–H groups in total. The maximum Gasteiger partial charge on any atom is 0.157 e. The number of nitriles is 1.